The average molecular weight is 996 g/mol. The molecular formula is C58H81N3O9S. The van der Waals surface area contributed by atoms with Crippen LogP contribution in [0.15, 0.2) is 102 Å². The molecule has 13 heteroatoms. The highest BCUT2D eigenvalue weighted by molar-refractivity contribution is 8.00. The Balaban J connectivity index is 1.29. The van der Waals surface area contributed by atoms with Crippen molar-refractivity contribution in [1.82, 2.24) is 5.32 Å². The second-order valence-corrected chi connectivity index (χ2v) is 20.9. The lowest BCUT2D eigenvalue weighted by molar-refractivity contribution is -0.384. The molecule has 71 heavy (non-hydrogen) atoms. The Morgan fingerprint density at radius 1 is 0.859 bits per heavy atom. The molecule has 1 amide bonds. The number of fused-ring (bicyclic) bond motifs is 2. The summed E-state index contributed by atoms with van der Waals surface area (Å²) in [6.07, 6.45) is 26.9. The van der Waals surface area contributed by atoms with Gasteiger partial charge in [0.25, 0.3) is 5.69 Å². The Kier molecular flexibility index (Phi) is 23.8. The van der Waals surface area contributed by atoms with Crippen LogP contribution in [-0.2, 0) is 22.7 Å². The molecule has 1 heterocycles. The van der Waals surface area contributed by atoms with Gasteiger partial charge in [0.15, 0.2) is 0 Å². The van der Waals surface area contributed by atoms with Crippen LogP contribution in [0.4, 0.5) is 10.5 Å². The van der Waals surface area contributed by atoms with Crippen LogP contribution >= 0.6 is 11.8 Å². The van der Waals surface area contributed by atoms with E-state index in [-0.39, 0.29) is 61.0 Å². The fourth-order valence-corrected chi connectivity index (χ4v) is 12.3. The first-order valence-corrected chi connectivity index (χ1v) is 27.9. The number of nitrogens with zero attached hydrogens (tertiary/aromatic N) is 2. The van der Waals surface area contributed by atoms with Crippen molar-refractivity contribution in [2.75, 3.05) is 25.6 Å². The number of aliphatic hydroxyl groups excluding tert-OH is 2. The van der Waals surface area contributed by atoms with Crippen LogP contribution in [0.3, 0.4) is 0 Å². The van der Waals surface area contributed by atoms with Gasteiger partial charge in [0, 0.05) is 49.8 Å². The molecule has 12 nitrogen and oxygen atoms in total. The smallest absolute Gasteiger partial charge is 0.412 e. The summed E-state index contributed by atoms with van der Waals surface area (Å²) in [5.41, 5.74) is 4.48. The van der Waals surface area contributed by atoms with E-state index in [1.807, 2.05) is 54.2 Å². The number of aliphatic hydroxyl groups is 2. The maximum Gasteiger partial charge on any atom is 0.412 e. The molecule has 0 bridgehead atoms. The number of nitrogens with one attached hydrogen (secondary N) is 1. The van der Waals surface area contributed by atoms with Crippen LogP contribution in [0.25, 0.3) is 0 Å². The molecule has 3 N–H and O–H groups in total. The molecular weight excluding hydrogens is 915 g/mol. The Bertz CT molecular complexity index is 2130. The highest BCUT2D eigenvalue weighted by Crippen LogP contribution is 2.62. The van der Waals surface area contributed by atoms with E-state index in [4.69, 9.17) is 24.2 Å². The van der Waals surface area contributed by atoms with Crippen LogP contribution in [0.5, 0.6) is 11.5 Å². The summed E-state index contributed by atoms with van der Waals surface area (Å²) in [7, 11) is 0. The number of rotatable bonds is 34. The summed E-state index contributed by atoms with van der Waals surface area (Å²) in [6.45, 7) is 7.27. The number of nitro groups is 1. The van der Waals surface area contributed by atoms with Crippen LogP contribution in [-0.4, -0.2) is 63.6 Å². The molecule has 1 saturated carbocycles. The Morgan fingerprint density at radius 2 is 1.52 bits per heavy atom. The monoisotopic (exact) mass is 996 g/mol. The van der Waals surface area contributed by atoms with E-state index in [1.54, 1.807) is 24.3 Å². The zero-order chi connectivity index (χ0) is 50.1. The van der Waals surface area contributed by atoms with Gasteiger partial charge in [-0.15, -0.1) is 6.58 Å². The number of hydrogen-bond donors (Lipinski definition) is 3. The summed E-state index contributed by atoms with van der Waals surface area (Å²) >= 11 is 1.87. The number of amides is 1. The normalized spacial score (nSPS) is 21.6. The van der Waals surface area contributed by atoms with Gasteiger partial charge < -0.3 is 34.6 Å². The number of thioether (sulfide) groups is 1. The average Bonchev–Trinajstić information content (AvgIpc) is 3.38. The van der Waals surface area contributed by atoms with Crippen LogP contribution < -0.4 is 14.8 Å². The third-order valence-electron chi connectivity index (χ3n) is 14.5. The summed E-state index contributed by atoms with van der Waals surface area (Å²) < 4.78 is 20.5. The van der Waals surface area contributed by atoms with Crippen molar-refractivity contribution in [1.29, 1.82) is 0 Å². The van der Waals surface area contributed by atoms with Crippen LogP contribution in [0.2, 0.25) is 0 Å². The van der Waals surface area contributed by atoms with Crippen molar-refractivity contribution in [3.05, 3.63) is 124 Å². The number of oxime groups is 1. The van der Waals surface area contributed by atoms with Crippen molar-refractivity contribution >= 4 is 29.3 Å². The van der Waals surface area contributed by atoms with E-state index < -0.39 is 16.8 Å². The molecule has 6 unspecified atom stereocenters. The van der Waals surface area contributed by atoms with Gasteiger partial charge in [-0.05, 0) is 96.7 Å². The number of unbranched alkanes of at least 4 members (excludes halogenated alkanes) is 15. The number of carbonyl (C=O) groups excluding carboxylic acids is 1. The minimum Gasteiger partial charge on any atom is -0.460 e. The molecule has 0 spiro atoms. The van der Waals surface area contributed by atoms with E-state index in [0.29, 0.717) is 37.3 Å². The van der Waals surface area contributed by atoms with E-state index in [0.717, 1.165) is 72.3 Å². The van der Waals surface area contributed by atoms with E-state index in [1.165, 1.54) is 89.2 Å². The van der Waals surface area contributed by atoms with Crippen molar-refractivity contribution < 1.29 is 39.0 Å². The van der Waals surface area contributed by atoms with Gasteiger partial charge in [0.05, 0.1) is 28.4 Å². The van der Waals surface area contributed by atoms with Gasteiger partial charge in [0.2, 0.25) is 5.79 Å². The summed E-state index contributed by atoms with van der Waals surface area (Å²) in [5.74, 6) is 0.555. The Labute approximate surface area is 427 Å². The Morgan fingerprint density at radius 3 is 2.17 bits per heavy atom. The van der Waals surface area contributed by atoms with E-state index in [9.17, 15) is 25.1 Å². The predicted molar refractivity (Wildman–Crippen MR) is 285 cm³/mol. The molecule has 3 aromatic rings. The molecule has 0 saturated heterocycles. The van der Waals surface area contributed by atoms with Crippen molar-refractivity contribution in [2.24, 2.45) is 22.9 Å². The first-order valence-electron chi connectivity index (χ1n) is 26.9. The number of allylic oxidation sites excluding steroid dienone is 1. The second-order valence-electron chi connectivity index (χ2n) is 19.6. The SMILES string of the molecule is C=CCOC12Oc3ccc(OC(=O)NCc4ccccc4)cc3C3C(CCCCO)C(CCCCO)C=C(C(=NOCc4ccc([N+](=O)[O-])cc4)CC1SCCCCCCCCCCCCCCCC)C32. The fraction of sp³-hybridized carbons (Fsp3) is 0.586. The van der Waals surface area contributed by atoms with Crippen molar-refractivity contribution in [3.63, 3.8) is 0 Å². The van der Waals surface area contributed by atoms with Crippen LogP contribution in [0.1, 0.15) is 164 Å². The van der Waals surface area contributed by atoms with Crippen molar-refractivity contribution in [3.8, 4) is 11.5 Å². The Hall–Kier alpha value is -4.69. The largest absolute Gasteiger partial charge is 0.460 e. The number of benzene rings is 3. The maximum absolute atomic E-state index is 13.3. The number of nitro benzene ring substituents is 1. The third kappa shape index (κ3) is 16.4. The molecule has 0 aromatic heterocycles. The lowest BCUT2D eigenvalue weighted by atomic mass is 9.56. The van der Waals surface area contributed by atoms with Gasteiger partial charge in [-0.3, -0.25) is 10.1 Å². The summed E-state index contributed by atoms with van der Waals surface area (Å²) in [5, 5.41) is 39.0. The van der Waals surface area contributed by atoms with Gasteiger partial charge in [0.1, 0.15) is 18.1 Å². The molecule has 1 fully saturated rings. The predicted octanol–water partition coefficient (Wildman–Crippen LogP) is 13.9. The summed E-state index contributed by atoms with van der Waals surface area (Å²) in [6, 6.07) is 21.7. The lowest BCUT2D eigenvalue weighted by Crippen LogP contribution is -2.64. The molecule has 3 aliphatic rings. The first kappa shape index (κ1) is 55.6. The topological polar surface area (TPSA) is 162 Å². The zero-order valence-corrected chi connectivity index (χ0v) is 43.1. The number of non-ortho nitro benzene ring substituents is 1. The van der Waals surface area contributed by atoms with E-state index >= 15 is 0 Å². The number of hydrogen-bond acceptors (Lipinski definition) is 11. The standard InChI is InChI=1S/C58H81N3O9S/c1-3-5-6-7-8-9-10-11-12-13-14-15-16-24-38-71-54-41-52(60-68-43-45-29-31-47(32-30-45)61(65)66)50-39-46(27-20-22-35-62)49(28-21-23-36-63)55-51-40-48(69-57(64)59-42-44-25-18-17-19-26-44)33-34-53(51)70-58(54,56(50)55)67-37-4-2/h4,17-19,25-26,29-34,39-40,46,49,54-56,62-63H,2-3,5-16,20-24,27-28,35-38,41-43H2,1H3,(H,59,64). The second kappa shape index (κ2) is 30.4. The molecule has 0 radical (unpaired) electrons. The highest BCUT2D eigenvalue weighted by Gasteiger charge is 2.64. The van der Waals surface area contributed by atoms with Crippen molar-refractivity contribution in [2.45, 2.75) is 172 Å². The minimum absolute atomic E-state index is 0.0139. The highest BCUT2D eigenvalue weighted by atomic mass is 32.2. The minimum atomic E-state index is -1.11. The molecule has 2 aliphatic carbocycles. The van der Waals surface area contributed by atoms with Gasteiger partial charge >= 0.3 is 6.09 Å². The lowest BCUT2D eigenvalue weighted by Gasteiger charge is -2.58. The number of ether oxygens (including phenoxy) is 3. The molecule has 6 rings (SSSR count). The van der Waals surface area contributed by atoms with Gasteiger partial charge in [-0.2, -0.15) is 11.8 Å². The summed E-state index contributed by atoms with van der Waals surface area (Å²) in [4.78, 5) is 30.5. The fourth-order valence-electron chi connectivity index (χ4n) is 10.9. The first-order chi connectivity index (χ1) is 34.8. The van der Waals surface area contributed by atoms with Crippen LogP contribution in [0, 0.1) is 27.9 Å². The molecule has 388 valence electrons. The van der Waals surface area contributed by atoms with Gasteiger partial charge in [-0.25, -0.2) is 4.79 Å². The quantitative estimate of drug-likeness (QED) is 0.0227. The van der Waals surface area contributed by atoms with E-state index in [2.05, 4.69) is 24.9 Å². The maximum atomic E-state index is 13.3. The molecule has 1 aliphatic heterocycles. The van der Waals surface area contributed by atoms with Gasteiger partial charge in [-0.1, -0.05) is 151 Å². The zero-order valence-electron chi connectivity index (χ0n) is 42.3. The number of carbonyl (C=O) groups is 1. The molecule has 6 atom stereocenters. The third-order valence-corrected chi connectivity index (χ3v) is 15.9. The molecule has 3 aromatic carbocycles.